The van der Waals surface area contributed by atoms with Crippen LogP contribution in [-0.4, -0.2) is 16.1 Å². The minimum Gasteiger partial charge on any atom is -0.414 e. The van der Waals surface area contributed by atoms with E-state index in [1.807, 2.05) is 0 Å². The molecule has 0 fully saturated rings. The highest BCUT2D eigenvalue weighted by Crippen LogP contribution is 2.21. The van der Waals surface area contributed by atoms with Crippen LogP contribution in [0.3, 0.4) is 0 Å². The summed E-state index contributed by atoms with van der Waals surface area (Å²) in [6.45, 7) is 0.0698. The summed E-state index contributed by atoms with van der Waals surface area (Å²) in [5.74, 6) is -0.234. The fraction of sp³-hybridized carbons (Fsp3) is 0.118. The maximum absolute atomic E-state index is 12.8. The van der Waals surface area contributed by atoms with Crippen LogP contribution in [0, 0.1) is 11.6 Å². The van der Waals surface area contributed by atoms with Crippen LogP contribution in [0.5, 0.6) is 0 Å². The molecule has 0 radical (unpaired) electrons. The van der Waals surface area contributed by atoms with Crippen LogP contribution in [0.2, 0.25) is 0 Å². The summed E-state index contributed by atoms with van der Waals surface area (Å²) in [6, 6.07) is 11.4. The number of thioether (sulfide) groups is 1. The quantitative estimate of drug-likeness (QED) is 0.680. The van der Waals surface area contributed by atoms with Gasteiger partial charge in [0.25, 0.3) is 11.1 Å². The molecule has 25 heavy (non-hydrogen) atoms. The van der Waals surface area contributed by atoms with E-state index in [0.717, 1.165) is 5.56 Å². The van der Waals surface area contributed by atoms with E-state index in [9.17, 15) is 13.6 Å². The summed E-state index contributed by atoms with van der Waals surface area (Å²) in [5, 5.41) is 10.7. The first kappa shape index (κ1) is 17.1. The maximum atomic E-state index is 12.8. The molecule has 0 saturated carbocycles. The number of carbonyl (C=O) groups is 1. The average Bonchev–Trinajstić information content (AvgIpc) is 3.08. The molecule has 1 heterocycles. The van der Waals surface area contributed by atoms with E-state index >= 15 is 0 Å². The smallest absolute Gasteiger partial charge is 0.276 e. The number of nitrogens with one attached hydrogen (secondary N) is 1. The van der Waals surface area contributed by atoms with Gasteiger partial charge in [-0.1, -0.05) is 23.9 Å². The molecule has 0 spiro atoms. The number of rotatable bonds is 6. The molecule has 0 atom stereocenters. The zero-order chi connectivity index (χ0) is 17.6. The Morgan fingerprint density at radius 2 is 1.64 bits per heavy atom. The van der Waals surface area contributed by atoms with E-state index in [1.54, 1.807) is 12.1 Å². The molecule has 0 bridgehead atoms. The normalized spacial score (nSPS) is 10.6. The molecule has 2 aromatic carbocycles. The Bertz CT molecular complexity index is 851. The van der Waals surface area contributed by atoms with Crippen molar-refractivity contribution < 1.29 is 18.0 Å². The van der Waals surface area contributed by atoms with Gasteiger partial charge in [-0.15, -0.1) is 10.2 Å². The van der Waals surface area contributed by atoms with Crippen LogP contribution in [0.4, 0.5) is 8.78 Å². The Balaban J connectivity index is 1.50. The van der Waals surface area contributed by atoms with Gasteiger partial charge in [0.1, 0.15) is 11.6 Å². The number of carbonyl (C=O) groups excluding carboxylic acids is 1. The Labute approximate surface area is 146 Å². The van der Waals surface area contributed by atoms with Crippen molar-refractivity contribution in [2.75, 3.05) is 0 Å². The van der Waals surface area contributed by atoms with Gasteiger partial charge < -0.3 is 9.73 Å². The van der Waals surface area contributed by atoms with Crippen LogP contribution in [0.15, 0.2) is 58.2 Å². The molecule has 8 heteroatoms. The van der Waals surface area contributed by atoms with Gasteiger partial charge in [0.05, 0.1) is 6.54 Å². The van der Waals surface area contributed by atoms with Crippen molar-refractivity contribution in [2.24, 2.45) is 0 Å². The summed E-state index contributed by atoms with van der Waals surface area (Å²) in [5.41, 5.74) is 1.27. The first-order chi connectivity index (χ1) is 12.1. The molecule has 128 valence electrons. The molecule has 0 saturated heterocycles. The molecular weight excluding hydrogens is 348 g/mol. The number of benzene rings is 2. The molecule has 0 aliphatic heterocycles. The van der Waals surface area contributed by atoms with Crippen molar-refractivity contribution in [1.82, 2.24) is 15.5 Å². The molecule has 5 nitrogen and oxygen atoms in total. The predicted molar refractivity (Wildman–Crippen MR) is 87.8 cm³/mol. The molecule has 1 N–H and O–H groups in total. The summed E-state index contributed by atoms with van der Waals surface area (Å²) in [4.78, 5) is 11.9. The second kappa shape index (κ2) is 7.89. The third-order valence-corrected chi connectivity index (χ3v) is 4.12. The topological polar surface area (TPSA) is 68.0 Å². The number of halogens is 2. The minimum atomic E-state index is -0.406. The van der Waals surface area contributed by atoms with Gasteiger partial charge in [-0.05, 0) is 42.0 Å². The highest BCUT2D eigenvalue weighted by Gasteiger charge is 2.10. The molecule has 0 aliphatic carbocycles. The standard InChI is InChI=1S/C17H13F2N3O2S/c18-13-5-1-11(2-6-13)10-25-17-22-21-15(24-17)9-20-16(23)12-3-7-14(19)8-4-12/h1-8H,9-10H2,(H,20,23). The van der Waals surface area contributed by atoms with E-state index in [1.165, 1.54) is 48.2 Å². The van der Waals surface area contributed by atoms with Crippen molar-refractivity contribution >= 4 is 17.7 Å². The highest BCUT2D eigenvalue weighted by molar-refractivity contribution is 7.98. The molecule has 3 aromatic rings. The Morgan fingerprint density at radius 3 is 2.32 bits per heavy atom. The lowest BCUT2D eigenvalue weighted by Crippen LogP contribution is -2.22. The van der Waals surface area contributed by atoms with Crippen LogP contribution in [0.25, 0.3) is 0 Å². The lowest BCUT2D eigenvalue weighted by molar-refractivity contribution is 0.0946. The van der Waals surface area contributed by atoms with Gasteiger partial charge in [0.15, 0.2) is 0 Å². The second-order valence-corrected chi connectivity index (χ2v) is 5.99. The fourth-order valence-electron chi connectivity index (χ4n) is 1.95. The van der Waals surface area contributed by atoms with Crippen molar-refractivity contribution in [1.29, 1.82) is 0 Å². The van der Waals surface area contributed by atoms with E-state index in [-0.39, 0.29) is 24.2 Å². The van der Waals surface area contributed by atoms with Gasteiger partial charge >= 0.3 is 0 Å². The molecule has 3 rings (SSSR count). The molecule has 0 unspecified atom stereocenters. The Hall–Kier alpha value is -2.74. The van der Waals surface area contributed by atoms with Gasteiger partial charge in [0, 0.05) is 11.3 Å². The molecule has 0 aliphatic rings. The minimum absolute atomic E-state index is 0.0698. The summed E-state index contributed by atoms with van der Waals surface area (Å²) in [7, 11) is 0. The number of hydrogen-bond donors (Lipinski definition) is 1. The van der Waals surface area contributed by atoms with Crippen LogP contribution in [-0.2, 0) is 12.3 Å². The third kappa shape index (κ3) is 4.87. The maximum Gasteiger partial charge on any atom is 0.276 e. The van der Waals surface area contributed by atoms with Crippen LogP contribution < -0.4 is 5.32 Å². The van der Waals surface area contributed by atoms with E-state index in [0.29, 0.717) is 16.5 Å². The van der Waals surface area contributed by atoms with Crippen molar-refractivity contribution in [3.63, 3.8) is 0 Å². The monoisotopic (exact) mass is 361 g/mol. The van der Waals surface area contributed by atoms with E-state index in [4.69, 9.17) is 4.42 Å². The Kier molecular flexibility index (Phi) is 5.39. The third-order valence-electron chi connectivity index (χ3n) is 3.23. The second-order valence-electron chi connectivity index (χ2n) is 5.07. The average molecular weight is 361 g/mol. The number of hydrogen-bond acceptors (Lipinski definition) is 5. The van der Waals surface area contributed by atoms with Gasteiger partial charge in [-0.2, -0.15) is 0 Å². The molecular formula is C17H13F2N3O2S. The largest absolute Gasteiger partial charge is 0.414 e. The Morgan fingerprint density at radius 1 is 1.00 bits per heavy atom. The molecule has 1 amide bonds. The van der Waals surface area contributed by atoms with Gasteiger partial charge in [-0.3, -0.25) is 4.79 Å². The fourth-order valence-corrected chi connectivity index (χ4v) is 2.69. The van der Waals surface area contributed by atoms with Crippen LogP contribution in [0.1, 0.15) is 21.8 Å². The lowest BCUT2D eigenvalue weighted by atomic mass is 10.2. The van der Waals surface area contributed by atoms with Crippen molar-refractivity contribution in [3.8, 4) is 0 Å². The zero-order valence-corrected chi connectivity index (χ0v) is 13.7. The SMILES string of the molecule is O=C(NCc1nnc(SCc2ccc(F)cc2)o1)c1ccc(F)cc1. The van der Waals surface area contributed by atoms with Crippen molar-refractivity contribution in [3.05, 3.63) is 77.2 Å². The molecule has 1 aromatic heterocycles. The summed E-state index contributed by atoms with van der Waals surface area (Å²) < 4.78 is 31.1. The summed E-state index contributed by atoms with van der Waals surface area (Å²) >= 11 is 1.32. The highest BCUT2D eigenvalue weighted by atomic mass is 32.2. The first-order valence-corrected chi connectivity index (χ1v) is 8.32. The van der Waals surface area contributed by atoms with Crippen LogP contribution >= 0.6 is 11.8 Å². The zero-order valence-electron chi connectivity index (χ0n) is 12.9. The van der Waals surface area contributed by atoms with E-state index < -0.39 is 5.82 Å². The van der Waals surface area contributed by atoms with E-state index in [2.05, 4.69) is 15.5 Å². The number of nitrogens with zero attached hydrogens (tertiary/aromatic N) is 2. The van der Waals surface area contributed by atoms with Gasteiger partial charge in [0.2, 0.25) is 5.89 Å². The predicted octanol–water partition coefficient (Wildman–Crippen LogP) is 3.57. The summed E-state index contributed by atoms with van der Waals surface area (Å²) in [6.07, 6.45) is 0. The first-order valence-electron chi connectivity index (χ1n) is 7.33. The number of amides is 1. The lowest BCUT2D eigenvalue weighted by Gasteiger charge is -2.02. The van der Waals surface area contributed by atoms with Crippen molar-refractivity contribution in [2.45, 2.75) is 17.5 Å². The number of aromatic nitrogens is 2. The van der Waals surface area contributed by atoms with Gasteiger partial charge in [-0.25, -0.2) is 8.78 Å².